The number of rotatable bonds is 6. The quantitative estimate of drug-likeness (QED) is 0.343. The number of benzene rings is 3. The van der Waals surface area contributed by atoms with Crippen molar-refractivity contribution in [3.63, 3.8) is 0 Å². The lowest BCUT2D eigenvalue weighted by Crippen LogP contribution is -2.26. The van der Waals surface area contributed by atoms with Gasteiger partial charge in [-0.2, -0.15) is 0 Å². The van der Waals surface area contributed by atoms with Crippen LogP contribution >= 0.6 is 0 Å². The lowest BCUT2D eigenvalue weighted by Gasteiger charge is -2.18. The summed E-state index contributed by atoms with van der Waals surface area (Å²) >= 11 is 0. The van der Waals surface area contributed by atoms with Gasteiger partial charge in [-0.15, -0.1) is 0 Å². The van der Waals surface area contributed by atoms with Crippen LogP contribution in [0.1, 0.15) is 38.7 Å². The number of nitrogens with one attached hydrogen (secondary N) is 1. The van der Waals surface area contributed by atoms with Gasteiger partial charge in [-0.25, -0.2) is 4.79 Å². The SMILES string of the molecule is Cc1ccc(NC(=O)[C@@H](OC(=O)c2ccc(C)c(C)c2)c2ccccc2)c([N+](=O)[O-])c1. The topological polar surface area (TPSA) is 98.5 Å². The first-order valence-electron chi connectivity index (χ1n) is 9.65. The average Bonchev–Trinajstić information content (AvgIpc) is 2.75. The summed E-state index contributed by atoms with van der Waals surface area (Å²) in [6.07, 6.45) is -1.28. The predicted octanol–water partition coefficient (Wildman–Crippen LogP) is 5.06. The number of ether oxygens (including phenoxy) is 1. The summed E-state index contributed by atoms with van der Waals surface area (Å²) in [4.78, 5) is 36.6. The highest BCUT2D eigenvalue weighted by Gasteiger charge is 2.28. The van der Waals surface area contributed by atoms with Crippen LogP contribution in [0.4, 0.5) is 11.4 Å². The molecule has 7 heteroatoms. The summed E-state index contributed by atoms with van der Waals surface area (Å²) in [5, 5.41) is 13.9. The molecule has 0 aliphatic carbocycles. The molecule has 0 unspecified atom stereocenters. The summed E-state index contributed by atoms with van der Waals surface area (Å²) in [5.41, 5.74) is 3.20. The number of amides is 1. The number of hydrogen-bond acceptors (Lipinski definition) is 5. The minimum absolute atomic E-state index is 0.0313. The van der Waals surface area contributed by atoms with Crippen molar-refractivity contribution in [2.75, 3.05) is 5.32 Å². The van der Waals surface area contributed by atoms with Gasteiger partial charge in [0.25, 0.3) is 11.6 Å². The van der Waals surface area contributed by atoms with Gasteiger partial charge in [0.1, 0.15) is 5.69 Å². The minimum Gasteiger partial charge on any atom is -0.444 e. The van der Waals surface area contributed by atoms with Crippen LogP contribution in [0, 0.1) is 30.9 Å². The average molecular weight is 418 g/mol. The third-order valence-corrected chi connectivity index (χ3v) is 4.92. The number of anilines is 1. The zero-order chi connectivity index (χ0) is 22.5. The predicted molar refractivity (Wildman–Crippen MR) is 117 cm³/mol. The second kappa shape index (κ2) is 9.21. The number of hydrogen-bond donors (Lipinski definition) is 1. The molecule has 1 N–H and O–H groups in total. The Hall–Kier alpha value is -4.00. The number of carbonyl (C=O) groups excluding carboxylic acids is 2. The zero-order valence-corrected chi connectivity index (χ0v) is 17.4. The fraction of sp³-hybridized carbons (Fsp3) is 0.167. The lowest BCUT2D eigenvalue weighted by molar-refractivity contribution is -0.384. The standard InChI is InChI=1S/C24H22N2O5/c1-15-9-12-20(21(13-15)26(29)30)25-23(27)22(18-7-5-4-6-8-18)31-24(28)19-11-10-16(2)17(3)14-19/h4-14,22H,1-3H3,(H,25,27)/t22-/m0/s1. The Bertz CT molecular complexity index is 1140. The normalized spacial score (nSPS) is 11.5. The van der Waals surface area contributed by atoms with Crippen molar-refractivity contribution in [2.24, 2.45) is 0 Å². The van der Waals surface area contributed by atoms with Crippen molar-refractivity contribution in [2.45, 2.75) is 26.9 Å². The molecule has 31 heavy (non-hydrogen) atoms. The zero-order valence-electron chi connectivity index (χ0n) is 17.4. The van der Waals surface area contributed by atoms with Crippen molar-refractivity contribution in [1.82, 2.24) is 0 Å². The van der Waals surface area contributed by atoms with Crippen LogP contribution in [0.2, 0.25) is 0 Å². The van der Waals surface area contributed by atoms with E-state index in [9.17, 15) is 19.7 Å². The summed E-state index contributed by atoms with van der Waals surface area (Å²) in [6, 6.07) is 18.1. The van der Waals surface area contributed by atoms with E-state index < -0.39 is 22.9 Å². The molecule has 0 aliphatic heterocycles. The van der Waals surface area contributed by atoms with Crippen LogP contribution in [-0.2, 0) is 9.53 Å². The van der Waals surface area contributed by atoms with Crippen molar-refractivity contribution >= 4 is 23.3 Å². The molecule has 3 rings (SSSR count). The largest absolute Gasteiger partial charge is 0.444 e. The highest BCUT2D eigenvalue weighted by molar-refractivity contribution is 5.99. The monoisotopic (exact) mass is 418 g/mol. The van der Waals surface area contributed by atoms with E-state index in [1.807, 2.05) is 13.8 Å². The molecular formula is C24H22N2O5. The van der Waals surface area contributed by atoms with Gasteiger partial charge < -0.3 is 10.1 Å². The van der Waals surface area contributed by atoms with Crippen LogP contribution in [0.15, 0.2) is 66.7 Å². The lowest BCUT2D eigenvalue weighted by atomic mass is 10.1. The third kappa shape index (κ3) is 5.14. The molecule has 0 fully saturated rings. The number of esters is 1. The maximum absolute atomic E-state index is 13.0. The van der Waals surface area contributed by atoms with Gasteiger partial charge in [0.15, 0.2) is 0 Å². The number of carbonyl (C=O) groups is 2. The fourth-order valence-corrected chi connectivity index (χ4v) is 3.04. The molecule has 0 radical (unpaired) electrons. The second-order valence-corrected chi connectivity index (χ2v) is 7.26. The van der Waals surface area contributed by atoms with E-state index >= 15 is 0 Å². The van der Waals surface area contributed by atoms with Crippen LogP contribution in [0.5, 0.6) is 0 Å². The molecule has 0 saturated heterocycles. The van der Waals surface area contributed by atoms with Gasteiger partial charge in [-0.3, -0.25) is 14.9 Å². The molecule has 0 heterocycles. The van der Waals surface area contributed by atoms with E-state index in [-0.39, 0.29) is 11.4 Å². The molecule has 0 bridgehead atoms. The molecular weight excluding hydrogens is 396 g/mol. The Morgan fingerprint density at radius 3 is 2.29 bits per heavy atom. The molecule has 7 nitrogen and oxygen atoms in total. The Labute approximate surface area is 179 Å². The molecule has 158 valence electrons. The van der Waals surface area contributed by atoms with Crippen LogP contribution < -0.4 is 5.32 Å². The Morgan fingerprint density at radius 1 is 0.935 bits per heavy atom. The van der Waals surface area contributed by atoms with E-state index in [2.05, 4.69) is 5.32 Å². The maximum Gasteiger partial charge on any atom is 0.339 e. The van der Waals surface area contributed by atoms with Gasteiger partial charge in [0.2, 0.25) is 6.10 Å². The smallest absolute Gasteiger partial charge is 0.339 e. The maximum atomic E-state index is 13.0. The molecule has 0 aliphatic rings. The van der Waals surface area contributed by atoms with Crippen molar-refractivity contribution < 1.29 is 19.2 Å². The minimum atomic E-state index is -1.28. The Kier molecular flexibility index (Phi) is 6.45. The van der Waals surface area contributed by atoms with E-state index in [1.165, 1.54) is 12.1 Å². The highest BCUT2D eigenvalue weighted by atomic mass is 16.6. The highest BCUT2D eigenvalue weighted by Crippen LogP contribution is 2.28. The first kappa shape index (κ1) is 21.7. The molecule has 3 aromatic rings. The van der Waals surface area contributed by atoms with E-state index in [1.54, 1.807) is 61.5 Å². The van der Waals surface area contributed by atoms with Crippen LogP contribution in [-0.4, -0.2) is 16.8 Å². The number of nitrogens with zero attached hydrogens (tertiary/aromatic N) is 1. The van der Waals surface area contributed by atoms with Crippen molar-refractivity contribution in [3.8, 4) is 0 Å². The summed E-state index contributed by atoms with van der Waals surface area (Å²) in [6.45, 7) is 5.53. The van der Waals surface area contributed by atoms with Gasteiger partial charge >= 0.3 is 5.97 Å². The van der Waals surface area contributed by atoms with Crippen LogP contribution in [0.25, 0.3) is 0 Å². The van der Waals surface area contributed by atoms with E-state index in [4.69, 9.17) is 4.74 Å². The Morgan fingerprint density at radius 2 is 1.65 bits per heavy atom. The van der Waals surface area contributed by atoms with Crippen molar-refractivity contribution in [1.29, 1.82) is 0 Å². The van der Waals surface area contributed by atoms with E-state index in [0.29, 0.717) is 16.7 Å². The van der Waals surface area contributed by atoms with Gasteiger partial charge in [-0.1, -0.05) is 42.5 Å². The summed E-state index contributed by atoms with van der Waals surface area (Å²) in [7, 11) is 0. The molecule has 1 amide bonds. The first-order chi connectivity index (χ1) is 14.8. The third-order valence-electron chi connectivity index (χ3n) is 4.92. The second-order valence-electron chi connectivity index (χ2n) is 7.26. The Balaban J connectivity index is 1.91. The van der Waals surface area contributed by atoms with Crippen LogP contribution in [0.3, 0.4) is 0 Å². The molecule has 0 saturated carbocycles. The molecule has 1 atom stereocenters. The summed E-state index contributed by atoms with van der Waals surface area (Å²) in [5.74, 6) is -1.35. The molecule has 0 aromatic heterocycles. The van der Waals surface area contributed by atoms with E-state index in [0.717, 1.165) is 11.1 Å². The first-order valence-corrected chi connectivity index (χ1v) is 9.65. The van der Waals surface area contributed by atoms with Gasteiger partial charge in [-0.05, 0) is 55.7 Å². The van der Waals surface area contributed by atoms with Crippen molar-refractivity contribution in [3.05, 3.63) is 105 Å². The number of aryl methyl sites for hydroxylation is 3. The molecule has 3 aromatic carbocycles. The van der Waals surface area contributed by atoms with Gasteiger partial charge in [0, 0.05) is 11.6 Å². The number of nitro benzene ring substituents is 1. The number of nitro groups is 1. The fourth-order valence-electron chi connectivity index (χ4n) is 3.04. The summed E-state index contributed by atoms with van der Waals surface area (Å²) < 4.78 is 5.55. The van der Waals surface area contributed by atoms with Gasteiger partial charge in [0.05, 0.1) is 10.5 Å². The molecule has 0 spiro atoms.